The molecule has 1 aromatic carbocycles. The van der Waals surface area contributed by atoms with Crippen LogP contribution in [0.2, 0.25) is 0 Å². The van der Waals surface area contributed by atoms with Gasteiger partial charge in [-0.1, -0.05) is 0 Å². The van der Waals surface area contributed by atoms with Gasteiger partial charge in [-0.2, -0.15) is 0 Å². The molecule has 0 bridgehead atoms. The lowest BCUT2D eigenvalue weighted by Gasteiger charge is -2.32. The zero-order chi connectivity index (χ0) is 20.0. The average molecular weight is 378 g/mol. The average Bonchev–Trinajstić information content (AvgIpc) is 2.61. The van der Waals surface area contributed by atoms with Crippen LogP contribution in [0.4, 0.5) is 10.5 Å². The fourth-order valence-electron chi connectivity index (χ4n) is 2.92. The molecule has 150 valence electrons. The Morgan fingerprint density at radius 1 is 1.19 bits per heavy atom. The van der Waals surface area contributed by atoms with Gasteiger partial charge in [-0.3, -0.25) is 4.79 Å². The van der Waals surface area contributed by atoms with Crippen LogP contribution in [0.25, 0.3) is 0 Å². The molecule has 7 nitrogen and oxygen atoms in total. The SMILES string of the molecule is CCOc1ccc(NC(=O)C2CCN(C(=O)OC(C)(C)C)CC2)cc1OC. The Labute approximate surface area is 161 Å². The van der Waals surface area contributed by atoms with Crippen LogP contribution in [-0.4, -0.2) is 49.3 Å². The molecule has 1 saturated heterocycles. The molecule has 7 heteroatoms. The van der Waals surface area contributed by atoms with Crippen LogP contribution in [0.5, 0.6) is 11.5 Å². The van der Waals surface area contributed by atoms with Crippen molar-refractivity contribution in [1.82, 2.24) is 4.90 Å². The lowest BCUT2D eigenvalue weighted by atomic mass is 9.96. The minimum atomic E-state index is -0.516. The predicted molar refractivity (Wildman–Crippen MR) is 103 cm³/mol. The maximum Gasteiger partial charge on any atom is 0.410 e. The highest BCUT2D eigenvalue weighted by Gasteiger charge is 2.30. The minimum Gasteiger partial charge on any atom is -0.493 e. The third-order valence-electron chi connectivity index (χ3n) is 4.25. The van der Waals surface area contributed by atoms with E-state index in [1.807, 2.05) is 27.7 Å². The first-order chi connectivity index (χ1) is 12.7. The standard InChI is InChI=1S/C20H30N2O5/c1-6-26-16-8-7-15(13-17(16)25-5)21-18(23)14-9-11-22(12-10-14)19(24)27-20(2,3)4/h7-8,13-14H,6,9-12H2,1-5H3,(H,21,23). The van der Waals surface area contributed by atoms with Gasteiger partial charge >= 0.3 is 6.09 Å². The topological polar surface area (TPSA) is 77.1 Å². The summed E-state index contributed by atoms with van der Waals surface area (Å²) in [5, 5.41) is 2.93. The van der Waals surface area contributed by atoms with E-state index in [0.717, 1.165) is 0 Å². The zero-order valence-electron chi connectivity index (χ0n) is 16.8. The first-order valence-corrected chi connectivity index (χ1v) is 9.33. The zero-order valence-corrected chi connectivity index (χ0v) is 16.8. The van der Waals surface area contributed by atoms with Crippen molar-refractivity contribution in [2.24, 2.45) is 5.92 Å². The third-order valence-corrected chi connectivity index (χ3v) is 4.25. The molecule has 0 saturated carbocycles. The highest BCUT2D eigenvalue weighted by atomic mass is 16.6. The number of carbonyl (C=O) groups excluding carboxylic acids is 2. The number of anilines is 1. The van der Waals surface area contributed by atoms with Crippen LogP contribution < -0.4 is 14.8 Å². The van der Waals surface area contributed by atoms with Crippen molar-refractivity contribution in [3.05, 3.63) is 18.2 Å². The van der Waals surface area contributed by atoms with Gasteiger partial charge in [0.1, 0.15) is 5.60 Å². The van der Waals surface area contributed by atoms with Crippen molar-refractivity contribution in [3.8, 4) is 11.5 Å². The van der Waals surface area contributed by atoms with Crippen molar-refractivity contribution >= 4 is 17.7 Å². The van der Waals surface area contributed by atoms with Crippen molar-refractivity contribution in [3.63, 3.8) is 0 Å². The Morgan fingerprint density at radius 2 is 1.85 bits per heavy atom. The Kier molecular flexibility index (Phi) is 6.93. The largest absolute Gasteiger partial charge is 0.493 e. The summed E-state index contributed by atoms with van der Waals surface area (Å²) >= 11 is 0. The van der Waals surface area contributed by atoms with E-state index >= 15 is 0 Å². The Morgan fingerprint density at radius 3 is 2.41 bits per heavy atom. The summed E-state index contributed by atoms with van der Waals surface area (Å²) in [5.41, 5.74) is 0.146. The lowest BCUT2D eigenvalue weighted by molar-refractivity contribution is -0.121. The molecule has 0 aromatic heterocycles. The summed E-state index contributed by atoms with van der Waals surface area (Å²) < 4.78 is 16.2. The summed E-state index contributed by atoms with van der Waals surface area (Å²) in [6, 6.07) is 5.32. The Bertz CT molecular complexity index is 661. The first-order valence-electron chi connectivity index (χ1n) is 9.33. The van der Waals surface area contributed by atoms with Crippen molar-refractivity contribution < 1.29 is 23.8 Å². The molecule has 0 aliphatic carbocycles. The predicted octanol–water partition coefficient (Wildman–Crippen LogP) is 3.68. The molecule has 1 aliphatic rings. The third kappa shape index (κ3) is 6.05. The fourth-order valence-corrected chi connectivity index (χ4v) is 2.92. The monoisotopic (exact) mass is 378 g/mol. The van der Waals surface area contributed by atoms with E-state index in [2.05, 4.69) is 5.32 Å². The normalized spacial score (nSPS) is 15.2. The smallest absolute Gasteiger partial charge is 0.410 e. The molecule has 0 radical (unpaired) electrons. The van der Waals surface area contributed by atoms with Gasteiger partial charge in [0, 0.05) is 30.8 Å². The van der Waals surface area contributed by atoms with Gasteiger partial charge in [0.05, 0.1) is 13.7 Å². The number of nitrogens with one attached hydrogen (secondary N) is 1. The summed E-state index contributed by atoms with van der Waals surface area (Å²) in [4.78, 5) is 26.3. The molecular formula is C20H30N2O5. The number of hydrogen-bond donors (Lipinski definition) is 1. The number of carbonyl (C=O) groups is 2. The van der Waals surface area contributed by atoms with Crippen LogP contribution in [0.3, 0.4) is 0 Å². The lowest BCUT2D eigenvalue weighted by Crippen LogP contribution is -2.43. The number of rotatable bonds is 5. The van der Waals surface area contributed by atoms with Crippen LogP contribution in [0.15, 0.2) is 18.2 Å². The van der Waals surface area contributed by atoms with Crippen molar-refractivity contribution in [2.45, 2.75) is 46.1 Å². The van der Waals surface area contributed by atoms with Crippen molar-refractivity contribution in [1.29, 1.82) is 0 Å². The number of amides is 2. The van der Waals surface area contributed by atoms with Gasteiger partial charge in [-0.05, 0) is 52.7 Å². The number of methoxy groups -OCH3 is 1. The van der Waals surface area contributed by atoms with Gasteiger partial charge in [0.25, 0.3) is 0 Å². The second kappa shape index (κ2) is 8.97. The number of benzene rings is 1. The minimum absolute atomic E-state index is 0.0509. The number of likely N-dealkylation sites (tertiary alicyclic amines) is 1. The molecule has 1 aromatic rings. The summed E-state index contributed by atoms with van der Waals surface area (Å²) in [7, 11) is 1.57. The number of ether oxygens (including phenoxy) is 3. The Hall–Kier alpha value is -2.44. The van der Waals surface area contributed by atoms with E-state index in [9.17, 15) is 9.59 Å². The maximum absolute atomic E-state index is 12.6. The fraction of sp³-hybridized carbons (Fsp3) is 0.600. The van der Waals surface area contributed by atoms with Crippen LogP contribution >= 0.6 is 0 Å². The molecule has 1 N–H and O–H groups in total. The summed E-state index contributed by atoms with van der Waals surface area (Å²) in [6.07, 6.45) is 0.899. The van der Waals surface area contributed by atoms with Crippen molar-refractivity contribution in [2.75, 3.05) is 32.1 Å². The van der Waals surface area contributed by atoms with Gasteiger partial charge in [-0.15, -0.1) is 0 Å². The number of piperidine rings is 1. The van der Waals surface area contributed by atoms with Gasteiger partial charge in [0.2, 0.25) is 5.91 Å². The van der Waals surface area contributed by atoms with E-state index in [4.69, 9.17) is 14.2 Å². The number of nitrogens with zero attached hydrogens (tertiary/aromatic N) is 1. The maximum atomic E-state index is 12.6. The highest BCUT2D eigenvalue weighted by Crippen LogP contribution is 2.31. The molecule has 2 rings (SSSR count). The first kappa shape index (κ1) is 20.9. The van der Waals surface area contributed by atoms with Gasteiger partial charge in [-0.25, -0.2) is 4.79 Å². The van der Waals surface area contributed by atoms with Gasteiger partial charge in [0.15, 0.2) is 11.5 Å². The van der Waals surface area contributed by atoms with E-state index in [0.29, 0.717) is 49.7 Å². The molecule has 0 atom stereocenters. The molecule has 1 aliphatic heterocycles. The van der Waals surface area contributed by atoms with E-state index < -0.39 is 5.60 Å². The van der Waals surface area contributed by atoms with Crippen LogP contribution in [0.1, 0.15) is 40.5 Å². The van der Waals surface area contributed by atoms with Gasteiger partial charge < -0.3 is 24.4 Å². The molecule has 0 unspecified atom stereocenters. The highest BCUT2D eigenvalue weighted by molar-refractivity contribution is 5.93. The van der Waals surface area contributed by atoms with Crippen LogP contribution in [0, 0.1) is 5.92 Å². The van der Waals surface area contributed by atoms with E-state index in [1.54, 1.807) is 30.2 Å². The van der Waals surface area contributed by atoms with Crippen LogP contribution in [-0.2, 0) is 9.53 Å². The summed E-state index contributed by atoms with van der Waals surface area (Å²) in [5.74, 6) is 1.03. The molecule has 1 fully saturated rings. The molecule has 2 amide bonds. The quantitative estimate of drug-likeness (QED) is 0.846. The molecule has 1 heterocycles. The van der Waals surface area contributed by atoms with E-state index in [1.165, 1.54) is 0 Å². The summed E-state index contributed by atoms with van der Waals surface area (Å²) in [6.45, 7) is 9.00. The molecule has 0 spiro atoms. The molecular weight excluding hydrogens is 348 g/mol. The second-order valence-electron chi connectivity index (χ2n) is 7.53. The second-order valence-corrected chi connectivity index (χ2v) is 7.53. The number of hydrogen-bond acceptors (Lipinski definition) is 5. The molecule has 27 heavy (non-hydrogen) atoms. The Balaban J connectivity index is 1.90. The van der Waals surface area contributed by atoms with E-state index in [-0.39, 0.29) is 17.9 Å².